The van der Waals surface area contributed by atoms with Crippen LogP contribution in [0.4, 0.5) is 11.4 Å². The molecule has 0 bridgehead atoms. The molecule has 0 aliphatic rings. The first kappa shape index (κ1) is 38.4. The molecule has 7 rings (SSSR count). The third kappa shape index (κ3) is 9.68. The van der Waals surface area contributed by atoms with Gasteiger partial charge in [0.05, 0.1) is 0 Å². The number of aryl methyl sites for hydroxylation is 4. The van der Waals surface area contributed by atoms with Gasteiger partial charge in [-0.3, -0.25) is 0 Å². The maximum Gasteiger partial charge on any atom is 0.0429 e. The molecule has 0 N–H and O–H groups in total. The zero-order valence-corrected chi connectivity index (χ0v) is 33.9. The first-order valence-electron chi connectivity index (χ1n) is 20.4. The Bertz CT molecular complexity index is 2250. The number of benzene rings is 7. The Hall–Kier alpha value is -5.86. The van der Waals surface area contributed by atoms with Crippen LogP contribution in [0.2, 0.25) is 0 Å². The number of anilines is 2. The molecule has 0 aromatic heterocycles. The Labute approximate surface area is 336 Å². The summed E-state index contributed by atoms with van der Waals surface area (Å²) in [6.07, 6.45) is 2.07. The van der Waals surface area contributed by atoms with Gasteiger partial charge in [0, 0.05) is 43.5 Å². The lowest BCUT2D eigenvalue weighted by atomic mass is 9.91. The van der Waals surface area contributed by atoms with Crippen molar-refractivity contribution in [1.29, 1.82) is 0 Å². The zero-order chi connectivity index (χ0) is 38.9. The molecule has 0 radical (unpaired) electrons. The first-order chi connectivity index (χ1) is 27.3. The summed E-state index contributed by atoms with van der Waals surface area (Å²) in [5.41, 5.74) is 18.3. The molecule has 282 valence electrons. The third-order valence-electron chi connectivity index (χ3n) is 11.4. The van der Waals surface area contributed by atoms with E-state index in [2.05, 4.69) is 214 Å². The van der Waals surface area contributed by atoms with Crippen molar-refractivity contribution in [2.75, 3.05) is 22.9 Å². The van der Waals surface area contributed by atoms with E-state index in [9.17, 15) is 0 Å². The summed E-state index contributed by atoms with van der Waals surface area (Å²) in [5.74, 6) is 0.336. The second kappa shape index (κ2) is 18.2. The van der Waals surface area contributed by atoms with Crippen LogP contribution < -0.4 is 9.80 Å². The van der Waals surface area contributed by atoms with Gasteiger partial charge in [-0.15, -0.1) is 0 Å². The molecule has 1 unspecified atom stereocenters. The van der Waals surface area contributed by atoms with Crippen molar-refractivity contribution in [3.8, 4) is 22.3 Å². The summed E-state index contributed by atoms with van der Waals surface area (Å²) in [6, 6.07) is 63.3. The van der Waals surface area contributed by atoms with E-state index in [1.54, 1.807) is 0 Å². The van der Waals surface area contributed by atoms with Crippen LogP contribution in [0.1, 0.15) is 71.2 Å². The van der Waals surface area contributed by atoms with Gasteiger partial charge in [0.2, 0.25) is 0 Å². The molecule has 7 aromatic rings. The van der Waals surface area contributed by atoms with Crippen LogP contribution in [0.25, 0.3) is 22.3 Å². The molecule has 0 amide bonds. The summed E-state index contributed by atoms with van der Waals surface area (Å²) < 4.78 is 0. The Kier molecular flexibility index (Phi) is 12.5. The molecule has 1 atom stereocenters. The number of hydrogen-bond donors (Lipinski definition) is 0. The molecule has 0 spiro atoms. The van der Waals surface area contributed by atoms with Gasteiger partial charge >= 0.3 is 0 Å². The molecule has 0 aliphatic carbocycles. The van der Waals surface area contributed by atoms with Crippen molar-refractivity contribution >= 4 is 11.4 Å². The summed E-state index contributed by atoms with van der Waals surface area (Å²) in [5, 5.41) is 0. The van der Waals surface area contributed by atoms with Crippen LogP contribution in [0.3, 0.4) is 0 Å². The van der Waals surface area contributed by atoms with E-state index < -0.39 is 0 Å². The molecule has 0 saturated carbocycles. The minimum atomic E-state index is 0.336. The minimum Gasteiger partial charge on any atom is -0.367 e. The Morgan fingerprint density at radius 1 is 0.357 bits per heavy atom. The summed E-state index contributed by atoms with van der Waals surface area (Å²) >= 11 is 0. The minimum absolute atomic E-state index is 0.336. The molecule has 0 fully saturated rings. The van der Waals surface area contributed by atoms with Gasteiger partial charge in [0.25, 0.3) is 0 Å². The predicted octanol–water partition coefficient (Wildman–Crippen LogP) is 13.6. The highest BCUT2D eigenvalue weighted by Crippen LogP contribution is 2.29. The highest BCUT2D eigenvalue weighted by atomic mass is 15.1. The van der Waals surface area contributed by atoms with Crippen LogP contribution >= 0.6 is 0 Å². The molecule has 2 heteroatoms. The van der Waals surface area contributed by atoms with E-state index in [1.165, 1.54) is 78.1 Å². The first-order valence-corrected chi connectivity index (χ1v) is 20.4. The topological polar surface area (TPSA) is 6.48 Å². The lowest BCUT2D eigenvalue weighted by Crippen LogP contribution is -2.21. The molecular weight excluding hydrogens is 677 g/mol. The van der Waals surface area contributed by atoms with Crippen LogP contribution in [-0.4, -0.2) is 13.1 Å². The van der Waals surface area contributed by atoms with Crippen molar-refractivity contribution in [3.63, 3.8) is 0 Å². The largest absolute Gasteiger partial charge is 0.367 e. The molecule has 0 aliphatic heterocycles. The summed E-state index contributed by atoms with van der Waals surface area (Å²) in [7, 11) is 0. The quantitative estimate of drug-likeness (QED) is 0.104. The molecule has 7 aromatic carbocycles. The third-order valence-corrected chi connectivity index (χ3v) is 11.4. The van der Waals surface area contributed by atoms with Crippen molar-refractivity contribution < 1.29 is 0 Å². The Balaban J connectivity index is 0.898. The standard InChI is InChI=1S/C54H56N2/c1-6-55(38-45-16-28-51(29-17-45)49-22-8-40(3)9-23-49)53-34-20-44(21-35-53)13-12-43-14-26-47(27-15-43)42(5)48-32-36-54(37-33-48)56(7-2)39-46-18-30-52(31-19-46)50-24-10-41(4)11-25-50/h8-11,14-37,42H,6-7,12-13,38-39H2,1-5H3. The highest BCUT2D eigenvalue weighted by Gasteiger charge is 2.12. The fraction of sp³-hybridized carbons (Fsp3) is 0.222. The molecule has 0 heterocycles. The maximum absolute atomic E-state index is 2.45. The molecule has 2 nitrogen and oxygen atoms in total. The Morgan fingerprint density at radius 2 is 0.643 bits per heavy atom. The number of hydrogen-bond acceptors (Lipinski definition) is 2. The van der Waals surface area contributed by atoms with Gasteiger partial charge in [-0.05, 0) is 120 Å². The predicted molar refractivity (Wildman–Crippen MR) is 241 cm³/mol. The van der Waals surface area contributed by atoms with Crippen molar-refractivity contribution in [1.82, 2.24) is 0 Å². The lowest BCUT2D eigenvalue weighted by molar-refractivity contribution is 0.830. The summed E-state index contributed by atoms with van der Waals surface area (Å²) in [6.45, 7) is 14.8. The van der Waals surface area contributed by atoms with Gasteiger partial charge in [-0.2, -0.15) is 0 Å². The van der Waals surface area contributed by atoms with Gasteiger partial charge < -0.3 is 9.80 Å². The van der Waals surface area contributed by atoms with Gasteiger partial charge in [-0.1, -0.05) is 164 Å². The fourth-order valence-electron chi connectivity index (χ4n) is 7.61. The van der Waals surface area contributed by atoms with E-state index in [0.29, 0.717) is 5.92 Å². The average molecular weight is 733 g/mol. The van der Waals surface area contributed by atoms with Crippen LogP contribution in [0.5, 0.6) is 0 Å². The average Bonchev–Trinajstić information content (AvgIpc) is 3.25. The molecular formula is C54H56N2. The second-order valence-corrected chi connectivity index (χ2v) is 15.4. The van der Waals surface area contributed by atoms with Gasteiger partial charge in [0.15, 0.2) is 0 Å². The zero-order valence-electron chi connectivity index (χ0n) is 33.9. The SMILES string of the molecule is CCN(Cc1ccc(-c2ccc(C)cc2)cc1)c1ccc(CCc2ccc(C(C)c3ccc(N(CC)Cc4ccc(-c5ccc(C)cc5)cc4)cc3)cc2)cc1. The second-order valence-electron chi connectivity index (χ2n) is 15.4. The number of nitrogens with zero attached hydrogens (tertiary/aromatic N) is 2. The monoisotopic (exact) mass is 732 g/mol. The fourth-order valence-corrected chi connectivity index (χ4v) is 7.61. The summed E-state index contributed by atoms with van der Waals surface area (Å²) in [4.78, 5) is 4.90. The maximum atomic E-state index is 2.45. The van der Waals surface area contributed by atoms with Crippen LogP contribution in [-0.2, 0) is 25.9 Å². The molecule has 0 saturated heterocycles. The van der Waals surface area contributed by atoms with E-state index in [0.717, 1.165) is 39.0 Å². The highest BCUT2D eigenvalue weighted by molar-refractivity contribution is 5.65. The smallest absolute Gasteiger partial charge is 0.0429 e. The van der Waals surface area contributed by atoms with E-state index in [1.807, 2.05) is 0 Å². The van der Waals surface area contributed by atoms with E-state index in [4.69, 9.17) is 0 Å². The molecule has 56 heavy (non-hydrogen) atoms. The van der Waals surface area contributed by atoms with Crippen molar-refractivity contribution in [3.05, 3.63) is 214 Å². The van der Waals surface area contributed by atoms with Crippen LogP contribution in [0.15, 0.2) is 170 Å². The van der Waals surface area contributed by atoms with Gasteiger partial charge in [-0.25, -0.2) is 0 Å². The Morgan fingerprint density at radius 3 is 1.00 bits per heavy atom. The van der Waals surface area contributed by atoms with Gasteiger partial charge in [0.1, 0.15) is 0 Å². The normalized spacial score (nSPS) is 11.7. The van der Waals surface area contributed by atoms with Crippen molar-refractivity contribution in [2.24, 2.45) is 0 Å². The lowest BCUT2D eigenvalue weighted by Gasteiger charge is -2.24. The number of rotatable bonds is 15. The van der Waals surface area contributed by atoms with Crippen molar-refractivity contribution in [2.45, 2.75) is 66.5 Å². The van der Waals surface area contributed by atoms with E-state index >= 15 is 0 Å². The van der Waals surface area contributed by atoms with E-state index in [-0.39, 0.29) is 0 Å². The van der Waals surface area contributed by atoms with Crippen LogP contribution in [0, 0.1) is 13.8 Å².